The van der Waals surface area contributed by atoms with Crippen molar-refractivity contribution in [1.82, 2.24) is 9.38 Å². The van der Waals surface area contributed by atoms with Crippen molar-refractivity contribution in [2.45, 2.75) is 39.4 Å². The molecular formula is C27H26ClFN2O3. The molecule has 0 aliphatic heterocycles. The van der Waals surface area contributed by atoms with E-state index < -0.39 is 17.7 Å². The highest BCUT2D eigenvalue weighted by molar-refractivity contribution is 6.31. The van der Waals surface area contributed by atoms with E-state index in [0.29, 0.717) is 22.1 Å². The molecule has 0 aliphatic rings. The number of carbonyl (C=O) groups excluding carboxylic acids is 1. The van der Waals surface area contributed by atoms with Gasteiger partial charge in [-0.1, -0.05) is 41.9 Å². The third kappa shape index (κ3) is 4.83. The molecule has 2 aromatic carbocycles. The highest BCUT2D eigenvalue weighted by Gasteiger charge is 2.32. The van der Waals surface area contributed by atoms with Gasteiger partial charge in [-0.15, -0.1) is 0 Å². The summed E-state index contributed by atoms with van der Waals surface area (Å²) < 4.78 is 26.1. The van der Waals surface area contributed by atoms with Gasteiger partial charge in [0.25, 0.3) is 0 Å². The first-order chi connectivity index (χ1) is 16.1. The Kier molecular flexibility index (Phi) is 6.47. The number of benzene rings is 2. The van der Waals surface area contributed by atoms with Crippen molar-refractivity contribution < 1.29 is 18.7 Å². The van der Waals surface area contributed by atoms with Crippen LogP contribution in [-0.2, 0) is 14.3 Å². The maximum atomic E-state index is 13.3. The van der Waals surface area contributed by atoms with E-state index in [1.165, 1.54) is 19.2 Å². The molecule has 0 fully saturated rings. The van der Waals surface area contributed by atoms with E-state index in [9.17, 15) is 9.18 Å². The zero-order valence-electron chi connectivity index (χ0n) is 19.7. The summed E-state index contributed by atoms with van der Waals surface area (Å²) in [6.45, 7) is 7.48. The molecular weight excluding hydrogens is 455 g/mol. The lowest BCUT2D eigenvalue weighted by atomic mass is 10.0. The fraction of sp³-hybridized carbons (Fsp3) is 0.259. The van der Waals surface area contributed by atoms with Gasteiger partial charge in [0.2, 0.25) is 0 Å². The number of halogens is 2. The standard InChI is InChI=1S/C27H26ClFN2O3/c1-16-13-22-30-21(19-8-6-7-18(14-19)17-9-11-20(29)12-10-17)15-31(22)25(28)23(16)24(26(32)33-5)34-27(2,3)4/h6-15,24H,1-5H3. The Hall–Kier alpha value is -3.22. The lowest BCUT2D eigenvalue weighted by molar-refractivity contribution is -0.164. The third-order valence-electron chi connectivity index (χ3n) is 5.42. The Balaban J connectivity index is 1.80. The van der Waals surface area contributed by atoms with Gasteiger partial charge in [-0.2, -0.15) is 0 Å². The molecule has 0 spiro atoms. The Bertz CT molecular complexity index is 1360. The molecule has 1 atom stereocenters. The van der Waals surface area contributed by atoms with Crippen LogP contribution in [0.2, 0.25) is 5.15 Å². The topological polar surface area (TPSA) is 52.8 Å². The number of aromatic nitrogens is 2. The van der Waals surface area contributed by atoms with Gasteiger partial charge in [0, 0.05) is 17.3 Å². The molecule has 2 heterocycles. The molecule has 4 aromatic rings. The van der Waals surface area contributed by atoms with E-state index in [2.05, 4.69) is 0 Å². The number of imidazole rings is 1. The zero-order chi connectivity index (χ0) is 24.6. The number of ether oxygens (including phenoxy) is 2. The van der Waals surface area contributed by atoms with Gasteiger partial charge in [-0.3, -0.25) is 4.40 Å². The van der Waals surface area contributed by atoms with E-state index >= 15 is 0 Å². The number of nitrogens with zero attached hydrogens (tertiary/aromatic N) is 2. The average Bonchev–Trinajstić information content (AvgIpc) is 3.22. The summed E-state index contributed by atoms with van der Waals surface area (Å²) in [5.74, 6) is -0.798. The summed E-state index contributed by atoms with van der Waals surface area (Å²) >= 11 is 6.81. The first kappa shape index (κ1) is 23.9. The Labute approximate surface area is 203 Å². The first-order valence-corrected chi connectivity index (χ1v) is 11.3. The summed E-state index contributed by atoms with van der Waals surface area (Å²) in [5, 5.41) is 0.336. The number of esters is 1. The van der Waals surface area contributed by atoms with E-state index in [1.54, 1.807) is 16.5 Å². The Morgan fingerprint density at radius 2 is 1.74 bits per heavy atom. The number of carbonyl (C=O) groups is 1. The van der Waals surface area contributed by atoms with Crippen LogP contribution < -0.4 is 0 Å². The number of aryl methyl sites for hydroxylation is 1. The summed E-state index contributed by atoms with van der Waals surface area (Å²) in [5.41, 5.74) is 4.82. The predicted octanol–water partition coefficient (Wildman–Crippen LogP) is 6.80. The molecule has 2 aromatic heterocycles. The van der Waals surface area contributed by atoms with Gasteiger partial charge in [0.1, 0.15) is 16.6 Å². The molecule has 0 N–H and O–H groups in total. The zero-order valence-corrected chi connectivity index (χ0v) is 20.5. The largest absolute Gasteiger partial charge is 0.467 e. The molecule has 0 bridgehead atoms. The average molecular weight is 481 g/mol. The maximum Gasteiger partial charge on any atom is 0.339 e. The van der Waals surface area contributed by atoms with Gasteiger partial charge in [-0.25, -0.2) is 14.2 Å². The summed E-state index contributed by atoms with van der Waals surface area (Å²) in [6, 6.07) is 16.1. The van der Waals surface area contributed by atoms with Gasteiger partial charge in [0.15, 0.2) is 6.10 Å². The number of methoxy groups -OCH3 is 1. The lowest BCUT2D eigenvalue weighted by Gasteiger charge is -2.27. The second-order valence-electron chi connectivity index (χ2n) is 9.11. The molecule has 34 heavy (non-hydrogen) atoms. The van der Waals surface area contributed by atoms with Crippen LogP contribution >= 0.6 is 11.6 Å². The second-order valence-corrected chi connectivity index (χ2v) is 9.47. The molecule has 1 unspecified atom stereocenters. The maximum absolute atomic E-state index is 13.3. The first-order valence-electron chi connectivity index (χ1n) is 10.9. The van der Waals surface area contributed by atoms with Crippen LogP contribution in [-0.4, -0.2) is 28.1 Å². The molecule has 4 rings (SSSR count). The number of hydrogen-bond donors (Lipinski definition) is 0. The van der Waals surface area contributed by atoms with E-state index in [1.807, 2.05) is 64.2 Å². The summed E-state index contributed by atoms with van der Waals surface area (Å²) in [6.07, 6.45) is 0.852. The Morgan fingerprint density at radius 3 is 2.38 bits per heavy atom. The highest BCUT2D eigenvalue weighted by Crippen LogP contribution is 2.35. The van der Waals surface area contributed by atoms with Crippen molar-refractivity contribution in [3.05, 3.63) is 82.9 Å². The van der Waals surface area contributed by atoms with Crippen molar-refractivity contribution in [1.29, 1.82) is 0 Å². The van der Waals surface area contributed by atoms with Crippen LogP contribution in [0, 0.1) is 12.7 Å². The smallest absolute Gasteiger partial charge is 0.339 e. The second kappa shape index (κ2) is 9.20. The molecule has 0 saturated heterocycles. The molecule has 5 nitrogen and oxygen atoms in total. The number of pyridine rings is 1. The van der Waals surface area contributed by atoms with Crippen molar-refractivity contribution in [2.24, 2.45) is 0 Å². The van der Waals surface area contributed by atoms with E-state index in [0.717, 1.165) is 22.3 Å². The van der Waals surface area contributed by atoms with Crippen LogP contribution in [0.4, 0.5) is 4.39 Å². The Morgan fingerprint density at radius 1 is 1.06 bits per heavy atom. The summed E-state index contributed by atoms with van der Waals surface area (Å²) in [7, 11) is 1.33. The van der Waals surface area contributed by atoms with Crippen LogP contribution in [0.5, 0.6) is 0 Å². The molecule has 7 heteroatoms. The minimum atomic E-state index is -0.977. The minimum Gasteiger partial charge on any atom is -0.467 e. The van der Waals surface area contributed by atoms with Crippen molar-refractivity contribution in [3.8, 4) is 22.4 Å². The quantitative estimate of drug-likeness (QED) is 0.233. The molecule has 0 radical (unpaired) electrons. The van der Waals surface area contributed by atoms with Crippen LogP contribution in [0.15, 0.2) is 60.8 Å². The van der Waals surface area contributed by atoms with Crippen LogP contribution in [0.3, 0.4) is 0 Å². The molecule has 0 aliphatic carbocycles. The monoisotopic (exact) mass is 480 g/mol. The number of hydrogen-bond acceptors (Lipinski definition) is 4. The van der Waals surface area contributed by atoms with Gasteiger partial charge < -0.3 is 9.47 Å². The van der Waals surface area contributed by atoms with Crippen molar-refractivity contribution in [2.75, 3.05) is 7.11 Å². The SMILES string of the molecule is COC(=O)C(OC(C)(C)C)c1c(C)cc2nc(-c3cccc(-c4ccc(F)cc4)c3)cn2c1Cl. The van der Waals surface area contributed by atoms with E-state index in [4.69, 9.17) is 26.1 Å². The molecule has 0 saturated carbocycles. The number of fused-ring (bicyclic) bond motifs is 1. The fourth-order valence-corrected chi connectivity index (χ4v) is 4.24. The van der Waals surface area contributed by atoms with Crippen LogP contribution in [0.25, 0.3) is 28.0 Å². The highest BCUT2D eigenvalue weighted by atomic mass is 35.5. The van der Waals surface area contributed by atoms with Gasteiger partial charge in [-0.05, 0) is 68.7 Å². The van der Waals surface area contributed by atoms with Gasteiger partial charge >= 0.3 is 5.97 Å². The molecule has 0 amide bonds. The normalized spacial score (nSPS) is 12.7. The number of rotatable bonds is 5. The van der Waals surface area contributed by atoms with Crippen molar-refractivity contribution >= 4 is 23.2 Å². The van der Waals surface area contributed by atoms with Crippen molar-refractivity contribution in [3.63, 3.8) is 0 Å². The van der Waals surface area contributed by atoms with Gasteiger partial charge in [0.05, 0.1) is 18.4 Å². The predicted molar refractivity (Wildman–Crippen MR) is 131 cm³/mol. The summed E-state index contributed by atoms with van der Waals surface area (Å²) in [4.78, 5) is 17.4. The third-order valence-corrected chi connectivity index (χ3v) is 5.81. The fourth-order valence-electron chi connectivity index (χ4n) is 3.86. The molecule has 176 valence electrons. The van der Waals surface area contributed by atoms with Crippen LogP contribution in [0.1, 0.15) is 38.0 Å². The minimum absolute atomic E-state index is 0.276. The van der Waals surface area contributed by atoms with E-state index in [-0.39, 0.29) is 5.82 Å². The lowest BCUT2D eigenvalue weighted by Crippen LogP contribution is -2.29.